The lowest BCUT2D eigenvalue weighted by Gasteiger charge is -2.32. The van der Waals surface area contributed by atoms with Gasteiger partial charge in [-0.1, -0.05) is 97.1 Å². The number of benzene rings is 6. The highest BCUT2D eigenvalue weighted by Gasteiger charge is 2.64. The zero-order chi connectivity index (χ0) is 55.3. The van der Waals surface area contributed by atoms with Crippen molar-refractivity contribution < 1.29 is 46.5 Å². The van der Waals surface area contributed by atoms with Crippen LogP contribution in [0.1, 0.15) is 138 Å². The van der Waals surface area contributed by atoms with Crippen molar-refractivity contribution in [2.24, 2.45) is 0 Å². The zero-order valence-corrected chi connectivity index (χ0v) is 51.3. The van der Waals surface area contributed by atoms with Crippen LogP contribution in [0, 0.1) is 0 Å². The molecule has 5 aliphatic heterocycles. The number of halogens is 2. The lowest BCUT2D eigenvalue weighted by atomic mass is 9.49. The maximum absolute atomic E-state index is 6.51. The molecule has 0 aromatic heterocycles. The molecular weight excluding hydrogens is 1070 g/mol. The number of fused-ring (bicyclic) bond motifs is 4. The topological polar surface area (TPSA) is 92.3 Å². The highest BCUT2D eigenvalue weighted by atomic mass is 79.9. The fourth-order valence-corrected chi connectivity index (χ4v) is 10.7. The van der Waals surface area contributed by atoms with E-state index in [0.717, 1.165) is 32.5 Å². The van der Waals surface area contributed by atoms with E-state index in [9.17, 15) is 0 Å². The summed E-state index contributed by atoms with van der Waals surface area (Å²) in [6, 6.07) is 33.7. The van der Waals surface area contributed by atoms with Gasteiger partial charge in [0.05, 0.1) is 56.0 Å². The molecule has 0 unspecified atom stereocenters. The van der Waals surface area contributed by atoms with E-state index in [4.69, 9.17) is 46.5 Å². The molecule has 11 rings (SSSR count). The van der Waals surface area contributed by atoms with Crippen LogP contribution in [0.2, 0.25) is 0 Å². The van der Waals surface area contributed by atoms with Gasteiger partial charge in [0.1, 0.15) is 0 Å². The van der Waals surface area contributed by atoms with Gasteiger partial charge in [-0.2, -0.15) is 0 Å². The Balaban J connectivity index is 0.000000147. The molecule has 0 saturated carbocycles. The summed E-state index contributed by atoms with van der Waals surface area (Å²) < 4.78 is 62.9. The molecular formula is C58H77B5Br2O10. The number of hydrogen-bond donors (Lipinski definition) is 0. The van der Waals surface area contributed by atoms with E-state index in [1.165, 1.54) is 30.5 Å². The predicted molar refractivity (Wildman–Crippen MR) is 319 cm³/mol. The Kier molecular flexibility index (Phi) is 15.7. The van der Waals surface area contributed by atoms with Gasteiger partial charge >= 0.3 is 35.9 Å². The highest BCUT2D eigenvalue weighted by Crippen LogP contribution is 2.45. The van der Waals surface area contributed by atoms with Gasteiger partial charge in [-0.15, -0.1) is 0 Å². The Morgan fingerprint density at radius 2 is 0.467 bits per heavy atom. The molecule has 5 aliphatic rings. The second-order valence-corrected chi connectivity index (χ2v) is 27.1. The van der Waals surface area contributed by atoms with Gasteiger partial charge in [0.25, 0.3) is 0 Å². The van der Waals surface area contributed by atoms with E-state index in [1.54, 1.807) is 0 Å². The van der Waals surface area contributed by atoms with Gasteiger partial charge in [-0.25, -0.2) is 0 Å². The third-order valence-electron chi connectivity index (χ3n) is 17.8. The van der Waals surface area contributed by atoms with Crippen molar-refractivity contribution >= 4 is 122 Å². The molecule has 398 valence electrons. The first-order valence-electron chi connectivity index (χ1n) is 26.4. The summed E-state index contributed by atoms with van der Waals surface area (Å²) >= 11 is 7.39. The smallest absolute Gasteiger partial charge is 0.406 e. The summed E-state index contributed by atoms with van der Waals surface area (Å²) in [6.07, 6.45) is 0. The van der Waals surface area contributed by atoms with Crippen LogP contribution < -0.4 is 10.9 Å². The third-order valence-corrected chi connectivity index (χ3v) is 19.6. The summed E-state index contributed by atoms with van der Waals surface area (Å²) in [5.74, 6) is 0. The van der Waals surface area contributed by atoms with Gasteiger partial charge in [0.2, 0.25) is 0 Å². The van der Waals surface area contributed by atoms with Crippen LogP contribution in [0.3, 0.4) is 0 Å². The molecule has 5 saturated heterocycles. The van der Waals surface area contributed by atoms with Crippen molar-refractivity contribution in [2.75, 3.05) is 0 Å². The molecule has 5 fully saturated rings. The van der Waals surface area contributed by atoms with E-state index in [2.05, 4.69) is 184 Å². The molecule has 0 atom stereocenters. The lowest BCUT2D eigenvalue weighted by molar-refractivity contribution is 0.00578. The Morgan fingerprint density at radius 3 is 0.653 bits per heavy atom. The average molecular weight is 1150 g/mol. The summed E-state index contributed by atoms with van der Waals surface area (Å²) in [4.78, 5) is 0. The first-order chi connectivity index (χ1) is 34.5. The van der Waals surface area contributed by atoms with Crippen molar-refractivity contribution in [2.45, 2.75) is 194 Å². The van der Waals surface area contributed by atoms with Crippen molar-refractivity contribution in [3.05, 3.63) is 106 Å². The number of rotatable bonds is 3. The van der Waals surface area contributed by atoms with E-state index in [-0.39, 0.29) is 33.6 Å². The van der Waals surface area contributed by atoms with Gasteiger partial charge in [0, 0.05) is 8.95 Å². The quantitative estimate of drug-likeness (QED) is 0.126. The summed E-state index contributed by atoms with van der Waals surface area (Å²) in [6.45, 7) is 41.1. The van der Waals surface area contributed by atoms with Crippen molar-refractivity contribution in [1.82, 2.24) is 0 Å². The van der Waals surface area contributed by atoms with Crippen LogP contribution in [0.4, 0.5) is 0 Å². The van der Waals surface area contributed by atoms with E-state index < -0.39 is 50.7 Å². The van der Waals surface area contributed by atoms with Crippen LogP contribution in [-0.2, 0) is 46.5 Å². The van der Waals surface area contributed by atoms with Gasteiger partial charge < -0.3 is 46.5 Å². The molecule has 0 radical (unpaired) electrons. The van der Waals surface area contributed by atoms with Crippen molar-refractivity contribution in [1.29, 1.82) is 0 Å². The van der Waals surface area contributed by atoms with Gasteiger partial charge in [-0.3, -0.25) is 0 Å². The maximum Gasteiger partial charge on any atom is 0.496 e. The molecule has 0 aliphatic carbocycles. The SMILES string of the molecule is Brc1c2ccccc2c(Br)c2ccccc12.CC1(C)OB(B2OC(C)(C)C(C)(C)O2)OC1(C)C.CC1(C)OB(c2c3ccccc3c(B3OC(C)(C)C(C)(C)O3)c3ccccc23)OC1(C)C.CC1(C)OBOC1(C)C. The molecule has 75 heavy (non-hydrogen) atoms. The molecule has 10 nitrogen and oxygen atoms in total. The van der Waals surface area contributed by atoms with Crippen molar-refractivity contribution in [3.8, 4) is 0 Å². The third kappa shape index (κ3) is 10.8. The average Bonchev–Trinajstić information content (AvgIpc) is 3.95. The largest absolute Gasteiger partial charge is 0.496 e. The van der Waals surface area contributed by atoms with Crippen molar-refractivity contribution in [3.63, 3.8) is 0 Å². The van der Waals surface area contributed by atoms with Crippen LogP contribution >= 0.6 is 31.9 Å². The van der Waals surface area contributed by atoms with Gasteiger partial charge in [-0.05, 0) is 224 Å². The standard InChI is InChI=1S/C26H32B2O4.C14H8Br2.C12H24B2O4.C6H13BO2/c1-23(2)24(3,4)30-27(29-23)21-17-13-9-11-15-19(17)22(20-16-12-10-14-18(20)21)28-31-25(5,6)26(7,8)32-28;15-13-9-5-1-2-6-10(9)14(16)12-8-4-3-7-11(12)13;1-9(2)10(3,4)16-13(15-9)14-17-11(5,6)12(7,8)18-14;1-5(2)6(3,4)9-7-8-5/h9-16H,1-8H3;1-8H;1-8H3;7H,1-4H3. The second-order valence-electron chi connectivity index (χ2n) is 25.5. The fraction of sp³-hybridized carbons (Fsp3) is 0.517. The van der Waals surface area contributed by atoms with E-state index in [0.29, 0.717) is 7.69 Å². The first-order valence-corrected chi connectivity index (χ1v) is 27.9. The van der Waals surface area contributed by atoms with E-state index >= 15 is 0 Å². The highest BCUT2D eigenvalue weighted by molar-refractivity contribution is 9.11. The van der Waals surface area contributed by atoms with Crippen LogP contribution in [-0.4, -0.2) is 92.0 Å². The second kappa shape index (κ2) is 20.1. The zero-order valence-electron chi connectivity index (χ0n) is 48.1. The minimum atomic E-state index is -0.476. The summed E-state index contributed by atoms with van der Waals surface area (Å²) in [7, 11) is -1.43. The Labute approximate surface area is 466 Å². The molecule has 6 aromatic rings. The van der Waals surface area contributed by atoms with Gasteiger partial charge in [0.15, 0.2) is 0 Å². The molecule has 17 heteroatoms. The summed E-state index contributed by atoms with van der Waals surface area (Å²) in [5.41, 5.74) is -1.22. The number of hydrogen-bond acceptors (Lipinski definition) is 10. The Hall–Kier alpha value is -2.76. The molecule has 5 heterocycles. The fourth-order valence-electron chi connectivity index (χ4n) is 9.32. The normalized spacial score (nSPS) is 23.6. The first kappa shape index (κ1) is 58.4. The molecule has 0 bridgehead atoms. The lowest BCUT2D eigenvalue weighted by Crippen LogP contribution is -2.41. The monoisotopic (exact) mass is 1150 g/mol. The minimum Gasteiger partial charge on any atom is -0.406 e. The maximum atomic E-state index is 6.51. The minimum absolute atomic E-state index is 0.132. The Morgan fingerprint density at radius 1 is 0.280 bits per heavy atom. The summed E-state index contributed by atoms with van der Waals surface area (Å²) in [5, 5.41) is 9.40. The van der Waals surface area contributed by atoms with E-state index in [1.807, 2.05) is 83.1 Å². The molecule has 0 spiro atoms. The van der Waals surface area contributed by atoms with Crippen LogP contribution in [0.25, 0.3) is 43.1 Å². The molecule has 0 N–H and O–H groups in total. The van der Waals surface area contributed by atoms with Crippen LogP contribution in [0.5, 0.6) is 0 Å². The van der Waals surface area contributed by atoms with Crippen LogP contribution in [0.15, 0.2) is 106 Å². The molecule has 0 amide bonds. The predicted octanol–water partition coefficient (Wildman–Crippen LogP) is 13.2. The molecule has 6 aromatic carbocycles. The Bertz CT molecular complexity index is 2720.